The molecule has 1 aliphatic rings. The Labute approximate surface area is 175 Å². The van der Waals surface area contributed by atoms with Crippen molar-refractivity contribution in [2.24, 2.45) is 0 Å². The van der Waals surface area contributed by atoms with Crippen LogP contribution in [0.2, 0.25) is 0 Å². The molecule has 7 heteroatoms. The number of carbonyl (C=O) groups excluding carboxylic acids is 1. The van der Waals surface area contributed by atoms with Crippen molar-refractivity contribution >= 4 is 22.6 Å². The van der Waals surface area contributed by atoms with E-state index in [9.17, 15) is 9.59 Å². The number of aromatic nitrogens is 2. The van der Waals surface area contributed by atoms with E-state index in [2.05, 4.69) is 10.2 Å². The largest absolute Gasteiger partial charge is 0.495 e. The fraction of sp³-hybridized carbons (Fsp3) is 0.391. The van der Waals surface area contributed by atoms with E-state index in [0.29, 0.717) is 6.54 Å². The molecular formula is C23H28N4O3. The highest BCUT2D eigenvalue weighted by Crippen LogP contribution is 2.29. The number of aryl methyl sites for hydroxylation is 1. The summed E-state index contributed by atoms with van der Waals surface area (Å²) in [5, 5.41) is 3.13. The number of para-hydroxylation sites is 4. The molecule has 4 rings (SSSR count). The fourth-order valence-electron chi connectivity index (χ4n) is 4.35. The summed E-state index contributed by atoms with van der Waals surface area (Å²) < 4.78 is 8.76. The van der Waals surface area contributed by atoms with Crippen LogP contribution >= 0.6 is 0 Å². The zero-order valence-corrected chi connectivity index (χ0v) is 17.5. The van der Waals surface area contributed by atoms with Gasteiger partial charge in [0.1, 0.15) is 12.3 Å². The first-order valence-electron chi connectivity index (χ1n) is 10.5. The van der Waals surface area contributed by atoms with Crippen molar-refractivity contribution in [3.8, 4) is 5.75 Å². The summed E-state index contributed by atoms with van der Waals surface area (Å²) in [6, 6.07) is 15.6. The summed E-state index contributed by atoms with van der Waals surface area (Å²) in [5.41, 5.74) is 2.55. The lowest BCUT2D eigenvalue weighted by atomic mass is 10.0. The minimum Gasteiger partial charge on any atom is -0.495 e. The van der Waals surface area contributed by atoms with Crippen LogP contribution in [0.1, 0.15) is 19.8 Å². The van der Waals surface area contributed by atoms with E-state index in [4.69, 9.17) is 4.74 Å². The highest BCUT2D eigenvalue weighted by Gasteiger charge is 2.24. The van der Waals surface area contributed by atoms with Gasteiger partial charge in [-0.05, 0) is 44.0 Å². The molecule has 0 radical (unpaired) electrons. The second-order valence-corrected chi connectivity index (χ2v) is 7.63. The molecule has 0 saturated carbocycles. The Bertz CT molecular complexity index is 1100. The van der Waals surface area contributed by atoms with Gasteiger partial charge in [0.2, 0.25) is 5.91 Å². The van der Waals surface area contributed by atoms with E-state index >= 15 is 0 Å². The maximum Gasteiger partial charge on any atom is 0.329 e. The van der Waals surface area contributed by atoms with Gasteiger partial charge in [0.25, 0.3) is 0 Å². The normalized spacial score (nSPS) is 16.6. The minimum atomic E-state index is -0.145. The van der Waals surface area contributed by atoms with Crippen molar-refractivity contribution < 1.29 is 9.53 Å². The molecular weight excluding hydrogens is 380 g/mol. The molecule has 2 heterocycles. The molecule has 0 bridgehead atoms. The molecule has 1 atom stereocenters. The monoisotopic (exact) mass is 408 g/mol. The van der Waals surface area contributed by atoms with Crippen LogP contribution in [-0.2, 0) is 17.9 Å². The second kappa shape index (κ2) is 8.65. The van der Waals surface area contributed by atoms with Gasteiger partial charge in [-0.2, -0.15) is 0 Å². The lowest BCUT2D eigenvalue weighted by Gasteiger charge is -2.35. The number of benzene rings is 2. The first-order chi connectivity index (χ1) is 14.6. The van der Waals surface area contributed by atoms with Crippen LogP contribution in [-0.4, -0.2) is 41.3 Å². The molecule has 1 N–H and O–H groups in total. The predicted octanol–water partition coefficient (Wildman–Crippen LogP) is 2.62. The highest BCUT2D eigenvalue weighted by molar-refractivity contribution is 5.81. The topological polar surface area (TPSA) is 68.5 Å². The molecule has 158 valence electrons. The number of hydrogen-bond acceptors (Lipinski definition) is 4. The summed E-state index contributed by atoms with van der Waals surface area (Å²) in [5.74, 6) is 0.700. The van der Waals surface area contributed by atoms with Crippen LogP contribution in [0.15, 0.2) is 53.3 Å². The van der Waals surface area contributed by atoms with Crippen LogP contribution in [0.4, 0.5) is 5.69 Å². The highest BCUT2D eigenvalue weighted by atomic mass is 16.5. The maximum atomic E-state index is 12.8. The first-order valence-corrected chi connectivity index (χ1v) is 10.5. The van der Waals surface area contributed by atoms with Crippen molar-refractivity contribution in [2.45, 2.75) is 38.9 Å². The number of fused-ring (bicyclic) bond motifs is 1. The number of imidazole rings is 1. The minimum absolute atomic E-state index is 0.0253. The Balaban J connectivity index is 1.48. The van der Waals surface area contributed by atoms with Gasteiger partial charge in [0.05, 0.1) is 23.8 Å². The fourth-order valence-corrected chi connectivity index (χ4v) is 4.35. The van der Waals surface area contributed by atoms with Crippen LogP contribution in [0.25, 0.3) is 11.0 Å². The maximum absolute atomic E-state index is 12.8. The van der Waals surface area contributed by atoms with Gasteiger partial charge in [-0.3, -0.25) is 13.9 Å². The van der Waals surface area contributed by atoms with Gasteiger partial charge < -0.3 is 15.0 Å². The van der Waals surface area contributed by atoms with E-state index in [1.165, 1.54) is 0 Å². The number of ether oxygens (including phenoxy) is 1. The molecule has 0 spiro atoms. The number of nitrogens with zero attached hydrogens (tertiary/aromatic N) is 3. The average molecular weight is 409 g/mol. The molecule has 1 fully saturated rings. The van der Waals surface area contributed by atoms with E-state index in [0.717, 1.165) is 48.4 Å². The third-order valence-electron chi connectivity index (χ3n) is 5.76. The van der Waals surface area contributed by atoms with Crippen molar-refractivity contribution in [2.75, 3.05) is 25.1 Å². The van der Waals surface area contributed by atoms with Gasteiger partial charge in [-0.25, -0.2) is 4.79 Å². The average Bonchev–Trinajstić information content (AvgIpc) is 3.04. The van der Waals surface area contributed by atoms with Gasteiger partial charge >= 0.3 is 5.69 Å². The number of hydrogen-bond donors (Lipinski definition) is 1. The Morgan fingerprint density at radius 3 is 2.53 bits per heavy atom. The molecule has 30 heavy (non-hydrogen) atoms. The zero-order chi connectivity index (χ0) is 21.1. The molecule has 1 aliphatic heterocycles. The predicted molar refractivity (Wildman–Crippen MR) is 118 cm³/mol. The number of rotatable bonds is 6. The van der Waals surface area contributed by atoms with Crippen LogP contribution in [0.5, 0.6) is 5.75 Å². The van der Waals surface area contributed by atoms with Gasteiger partial charge in [0, 0.05) is 25.7 Å². The van der Waals surface area contributed by atoms with Crippen LogP contribution in [0, 0.1) is 0 Å². The number of methoxy groups -OCH3 is 1. The molecule has 2 aromatic carbocycles. The summed E-state index contributed by atoms with van der Waals surface area (Å²) in [7, 11) is 1.67. The lowest BCUT2D eigenvalue weighted by Crippen LogP contribution is -2.49. The smallest absolute Gasteiger partial charge is 0.329 e. The van der Waals surface area contributed by atoms with E-state index < -0.39 is 0 Å². The summed E-state index contributed by atoms with van der Waals surface area (Å²) in [6.07, 6.45) is 1.90. The zero-order valence-electron chi connectivity index (χ0n) is 17.5. The molecule has 7 nitrogen and oxygen atoms in total. The first kappa shape index (κ1) is 20.1. The van der Waals surface area contributed by atoms with Crippen LogP contribution < -0.4 is 20.6 Å². The molecule has 1 amide bonds. The second-order valence-electron chi connectivity index (χ2n) is 7.63. The number of nitrogens with one attached hydrogen (secondary N) is 1. The summed E-state index contributed by atoms with van der Waals surface area (Å²) >= 11 is 0. The number of anilines is 1. The van der Waals surface area contributed by atoms with Crippen molar-refractivity contribution in [1.82, 2.24) is 14.5 Å². The molecule has 3 aromatic rings. The molecule has 1 aromatic heterocycles. The Morgan fingerprint density at radius 2 is 1.80 bits per heavy atom. The summed E-state index contributed by atoms with van der Waals surface area (Å²) in [6.45, 7) is 4.18. The quantitative estimate of drug-likeness (QED) is 0.681. The third-order valence-corrected chi connectivity index (χ3v) is 5.76. The Kier molecular flexibility index (Phi) is 5.79. The van der Waals surface area contributed by atoms with Crippen LogP contribution in [0.3, 0.4) is 0 Å². The summed E-state index contributed by atoms with van der Waals surface area (Å²) in [4.78, 5) is 27.8. The van der Waals surface area contributed by atoms with E-state index in [1.807, 2.05) is 55.5 Å². The standard InChI is InChI=1S/C23H28N4O3/c1-3-26-18-10-4-5-11-19(18)27(23(26)29)16-22(28)24-17-9-8-14-25(15-17)20-12-6-7-13-21(20)30-2/h4-7,10-13,17H,3,8-9,14-16H2,1-2H3,(H,24,28). The Hall–Kier alpha value is -3.22. The molecule has 1 saturated heterocycles. The van der Waals surface area contributed by atoms with Gasteiger partial charge in [0.15, 0.2) is 0 Å². The van der Waals surface area contributed by atoms with Crippen molar-refractivity contribution in [3.05, 3.63) is 59.0 Å². The molecule has 1 unspecified atom stereocenters. The van der Waals surface area contributed by atoms with Crippen molar-refractivity contribution in [3.63, 3.8) is 0 Å². The van der Waals surface area contributed by atoms with E-state index in [1.54, 1.807) is 16.2 Å². The third kappa shape index (κ3) is 3.79. The number of carbonyl (C=O) groups is 1. The number of piperidine rings is 1. The Morgan fingerprint density at radius 1 is 1.10 bits per heavy atom. The van der Waals surface area contributed by atoms with E-state index in [-0.39, 0.29) is 24.2 Å². The lowest BCUT2D eigenvalue weighted by molar-refractivity contribution is -0.122. The van der Waals surface area contributed by atoms with Gasteiger partial charge in [-0.1, -0.05) is 24.3 Å². The molecule has 0 aliphatic carbocycles. The van der Waals surface area contributed by atoms with Gasteiger partial charge in [-0.15, -0.1) is 0 Å². The SMILES string of the molecule is CCn1c(=O)n(CC(=O)NC2CCCN(c3ccccc3OC)C2)c2ccccc21. The number of amides is 1. The van der Waals surface area contributed by atoms with Crippen molar-refractivity contribution in [1.29, 1.82) is 0 Å².